The summed E-state index contributed by atoms with van der Waals surface area (Å²) in [5.41, 5.74) is 1.44. The summed E-state index contributed by atoms with van der Waals surface area (Å²) in [5, 5.41) is 5.34. The summed E-state index contributed by atoms with van der Waals surface area (Å²) in [6.07, 6.45) is 0.198. The Balaban J connectivity index is 1.45. The smallest absolute Gasteiger partial charge is 0.243 e. The third-order valence-corrected chi connectivity index (χ3v) is 3.87. The molecule has 7 heteroatoms. The zero-order valence-electron chi connectivity index (χ0n) is 15.1. The molecular weight excluding hydrogens is 348 g/mol. The predicted octanol–water partition coefficient (Wildman–Crippen LogP) is 2.15. The van der Waals surface area contributed by atoms with E-state index in [0.29, 0.717) is 37.0 Å². The van der Waals surface area contributed by atoms with E-state index in [1.165, 1.54) is 0 Å². The molecule has 0 aromatic heterocycles. The minimum Gasteiger partial charge on any atom is -0.494 e. The van der Waals surface area contributed by atoms with Crippen molar-refractivity contribution in [2.45, 2.75) is 13.3 Å². The van der Waals surface area contributed by atoms with E-state index in [1.54, 1.807) is 18.2 Å². The lowest BCUT2D eigenvalue weighted by Crippen LogP contribution is -2.33. The van der Waals surface area contributed by atoms with Crippen LogP contribution in [0.1, 0.15) is 12.5 Å². The summed E-state index contributed by atoms with van der Waals surface area (Å²) < 4.78 is 16.3. The summed E-state index contributed by atoms with van der Waals surface area (Å²) in [5.74, 6) is 1.48. The molecule has 0 saturated heterocycles. The number of nitrogens with one attached hydrogen (secondary N) is 2. The minimum atomic E-state index is -0.313. The molecule has 1 aliphatic heterocycles. The van der Waals surface area contributed by atoms with Crippen LogP contribution in [0.4, 0.5) is 5.69 Å². The number of amides is 2. The first-order valence-electron chi connectivity index (χ1n) is 8.82. The zero-order valence-corrected chi connectivity index (χ0v) is 15.1. The Morgan fingerprint density at radius 3 is 2.48 bits per heavy atom. The average Bonchev–Trinajstić information content (AvgIpc) is 2.68. The Morgan fingerprint density at radius 1 is 1.00 bits per heavy atom. The number of carbonyl (C=O) groups is 2. The van der Waals surface area contributed by atoms with E-state index in [9.17, 15) is 9.59 Å². The highest BCUT2D eigenvalue weighted by Crippen LogP contribution is 2.32. The molecule has 0 spiro atoms. The van der Waals surface area contributed by atoms with Crippen LogP contribution < -0.4 is 24.8 Å². The number of hydrogen-bond acceptors (Lipinski definition) is 5. The van der Waals surface area contributed by atoms with Crippen LogP contribution in [-0.2, 0) is 16.0 Å². The maximum atomic E-state index is 12.0. The molecule has 27 heavy (non-hydrogen) atoms. The Bertz CT molecular complexity index is 805. The molecule has 0 fully saturated rings. The molecule has 0 radical (unpaired) electrons. The fourth-order valence-corrected chi connectivity index (χ4v) is 2.62. The Kier molecular flexibility index (Phi) is 6.14. The molecule has 0 saturated carbocycles. The van der Waals surface area contributed by atoms with Gasteiger partial charge in [0.2, 0.25) is 11.8 Å². The van der Waals surface area contributed by atoms with Crippen molar-refractivity contribution in [3.63, 3.8) is 0 Å². The monoisotopic (exact) mass is 370 g/mol. The van der Waals surface area contributed by atoms with E-state index in [4.69, 9.17) is 14.2 Å². The van der Waals surface area contributed by atoms with Crippen LogP contribution >= 0.6 is 0 Å². The molecule has 0 atom stereocenters. The van der Waals surface area contributed by atoms with Crippen molar-refractivity contribution < 1.29 is 23.8 Å². The van der Waals surface area contributed by atoms with Gasteiger partial charge in [-0.25, -0.2) is 0 Å². The molecule has 1 heterocycles. The van der Waals surface area contributed by atoms with Gasteiger partial charge in [0.05, 0.1) is 19.6 Å². The largest absolute Gasteiger partial charge is 0.494 e. The molecule has 2 N–H and O–H groups in total. The molecule has 1 aliphatic rings. The summed E-state index contributed by atoms with van der Waals surface area (Å²) in [6, 6.07) is 12.5. The highest BCUT2D eigenvalue weighted by atomic mass is 16.6. The molecule has 0 bridgehead atoms. The van der Waals surface area contributed by atoms with Crippen LogP contribution in [0, 0.1) is 0 Å². The lowest BCUT2D eigenvalue weighted by Gasteiger charge is -2.19. The fourth-order valence-electron chi connectivity index (χ4n) is 2.62. The summed E-state index contributed by atoms with van der Waals surface area (Å²) >= 11 is 0. The minimum absolute atomic E-state index is 0.107. The second-order valence-electron chi connectivity index (χ2n) is 5.94. The number of fused-ring (bicyclic) bond motifs is 1. The number of benzene rings is 2. The standard InChI is InChI=1S/C20H22N2O5/c1-2-25-16-6-3-14(4-7-16)11-19(23)21-13-20(24)22-15-5-8-17-18(12-15)27-10-9-26-17/h3-8,12H,2,9-11,13H2,1H3,(H,21,23)(H,22,24). The second-order valence-corrected chi connectivity index (χ2v) is 5.94. The fraction of sp³-hybridized carbons (Fsp3) is 0.300. The normalized spacial score (nSPS) is 12.2. The Morgan fingerprint density at radius 2 is 1.74 bits per heavy atom. The van der Waals surface area contributed by atoms with Gasteiger partial charge in [0, 0.05) is 11.8 Å². The molecular formula is C20H22N2O5. The lowest BCUT2D eigenvalue weighted by molar-refractivity contribution is -0.123. The molecule has 2 aromatic rings. The van der Waals surface area contributed by atoms with Gasteiger partial charge < -0.3 is 24.8 Å². The van der Waals surface area contributed by atoms with Gasteiger partial charge in [-0.1, -0.05) is 12.1 Å². The van der Waals surface area contributed by atoms with Crippen molar-refractivity contribution >= 4 is 17.5 Å². The van der Waals surface area contributed by atoms with Crippen molar-refractivity contribution in [2.24, 2.45) is 0 Å². The molecule has 0 unspecified atom stereocenters. The van der Waals surface area contributed by atoms with Crippen LogP contribution in [0.15, 0.2) is 42.5 Å². The molecule has 2 amide bonds. The lowest BCUT2D eigenvalue weighted by atomic mass is 10.1. The first-order chi connectivity index (χ1) is 13.1. The number of hydrogen-bond donors (Lipinski definition) is 2. The predicted molar refractivity (Wildman–Crippen MR) is 100 cm³/mol. The average molecular weight is 370 g/mol. The van der Waals surface area contributed by atoms with E-state index < -0.39 is 0 Å². The topological polar surface area (TPSA) is 85.9 Å². The van der Waals surface area contributed by atoms with Gasteiger partial charge in [0.1, 0.15) is 19.0 Å². The summed E-state index contributed by atoms with van der Waals surface area (Å²) in [7, 11) is 0. The summed E-state index contributed by atoms with van der Waals surface area (Å²) in [6.45, 7) is 3.39. The highest BCUT2D eigenvalue weighted by molar-refractivity contribution is 5.95. The van der Waals surface area contributed by atoms with Crippen molar-refractivity contribution in [1.29, 1.82) is 0 Å². The molecule has 3 rings (SSSR count). The van der Waals surface area contributed by atoms with Crippen molar-refractivity contribution in [3.05, 3.63) is 48.0 Å². The third-order valence-electron chi connectivity index (χ3n) is 3.87. The second kappa shape index (κ2) is 8.93. The van der Waals surface area contributed by atoms with E-state index in [2.05, 4.69) is 10.6 Å². The number of ether oxygens (including phenoxy) is 3. The van der Waals surface area contributed by atoms with E-state index >= 15 is 0 Å². The quantitative estimate of drug-likeness (QED) is 0.780. The molecule has 142 valence electrons. The van der Waals surface area contributed by atoms with Crippen LogP contribution in [0.2, 0.25) is 0 Å². The van der Waals surface area contributed by atoms with E-state index in [1.807, 2.05) is 31.2 Å². The van der Waals surface area contributed by atoms with E-state index in [-0.39, 0.29) is 24.8 Å². The first-order valence-corrected chi connectivity index (χ1v) is 8.82. The highest BCUT2D eigenvalue weighted by Gasteiger charge is 2.13. The summed E-state index contributed by atoms with van der Waals surface area (Å²) in [4.78, 5) is 24.1. The van der Waals surface area contributed by atoms with Gasteiger partial charge in [-0.15, -0.1) is 0 Å². The van der Waals surface area contributed by atoms with Gasteiger partial charge in [0.25, 0.3) is 0 Å². The maximum Gasteiger partial charge on any atom is 0.243 e. The Hall–Kier alpha value is -3.22. The third kappa shape index (κ3) is 5.37. The number of carbonyl (C=O) groups excluding carboxylic acids is 2. The molecule has 0 aliphatic carbocycles. The van der Waals surface area contributed by atoms with Crippen LogP contribution in [0.5, 0.6) is 17.2 Å². The van der Waals surface area contributed by atoms with Crippen LogP contribution in [-0.4, -0.2) is 38.2 Å². The number of anilines is 1. The SMILES string of the molecule is CCOc1ccc(CC(=O)NCC(=O)Nc2ccc3c(c2)OCCO3)cc1. The van der Waals surface area contributed by atoms with Crippen molar-refractivity contribution in [2.75, 3.05) is 31.7 Å². The number of rotatable bonds is 7. The van der Waals surface area contributed by atoms with Gasteiger partial charge >= 0.3 is 0 Å². The van der Waals surface area contributed by atoms with Crippen molar-refractivity contribution in [3.8, 4) is 17.2 Å². The molecule has 7 nitrogen and oxygen atoms in total. The van der Waals surface area contributed by atoms with E-state index in [0.717, 1.165) is 11.3 Å². The van der Waals surface area contributed by atoms with Gasteiger partial charge in [-0.2, -0.15) is 0 Å². The zero-order chi connectivity index (χ0) is 19.1. The van der Waals surface area contributed by atoms with Crippen molar-refractivity contribution in [1.82, 2.24) is 5.32 Å². The van der Waals surface area contributed by atoms with Crippen LogP contribution in [0.25, 0.3) is 0 Å². The van der Waals surface area contributed by atoms with Crippen LogP contribution in [0.3, 0.4) is 0 Å². The van der Waals surface area contributed by atoms with Gasteiger partial charge in [-0.3, -0.25) is 9.59 Å². The molecule has 2 aromatic carbocycles. The van der Waals surface area contributed by atoms with Gasteiger partial charge in [-0.05, 0) is 36.8 Å². The van der Waals surface area contributed by atoms with Gasteiger partial charge in [0.15, 0.2) is 11.5 Å². The Labute approximate surface area is 157 Å². The first kappa shape index (κ1) is 18.6. The maximum absolute atomic E-state index is 12.0.